The van der Waals surface area contributed by atoms with Crippen molar-refractivity contribution >= 4 is 0 Å². The quantitative estimate of drug-likeness (QED) is 0.838. The van der Waals surface area contributed by atoms with E-state index >= 15 is 0 Å². The molecule has 1 unspecified atom stereocenters. The van der Waals surface area contributed by atoms with E-state index in [2.05, 4.69) is 0 Å². The number of ether oxygens (including phenoxy) is 1. The first-order valence-electron chi connectivity index (χ1n) is 4.83. The van der Waals surface area contributed by atoms with Crippen molar-refractivity contribution in [2.45, 2.75) is 18.6 Å². The summed E-state index contributed by atoms with van der Waals surface area (Å²) in [5.74, 6) is -1.33. The molecule has 0 heterocycles. The van der Waals surface area contributed by atoms with Gasteiger partial charge in [-0.1, -0.05) is 6.07 Å². The Hall–Kier alpha value is -1.14. The minimum absolute atomic E-state index is 0.0812. The fourth-order valence-electron chi connectivity index (χ4n) is 1.48. The van der Waals surface area contributed by atoms with Gasteiger partial charge in [-0.3, -0.25) is 0 Å². The van der Waals surface area contributed by atoms with Gasteiger partial charge in [0.1, 0.15) is 5.82 Å². The molecule has 0 saturated heterocycles. The van der Waals surface area contributed by atoms with Crippen LogP contribution in [0.5, 0.6) is 0 Å². The molecule has 0 aliphatic carbocycles. The van der Waals surface area contributed by atoms with Crippen LogP contribution in [0.3, 0.4) is 0 Å². The molecule has 0 bridgehead atoms. The average Bonchev–Trinajstić information content (AvgIpc) is 2.15. The van der Waals surface area contributed by atoms with Gasteiger partial charge in [0.25, 0.3) is 0 Å². The van der Waals surface area contributed by atoms with Gasteiger partial charge in [-0.15, -0.1) is 0 Å². The Balaban J connectivity index is 3.13. The van der Waals surface area contributed by atoms with E-state index in [0.29, 0.717) is 6.07 Å². The number of methoxy groups -OCH3 is 1. The summed E-state index contributed by atoms with van der Waals surface area (Å²) in [5.41, 5.74) is 3.73. The summed E-state index contributed by atoms with van der Waals surface area (Å²) in [6, 6.07) is 2.64. The van der Waals surface area contributed by atoms with Crippen molar-refractivity contribution in [1.29, 1.82) is 0 Å². The van der Waals surface area contributed by atoms with Crippen LogP contribution in [0.4, 0.5) is 17.6 Å². The molecule has 0 amide bonds. The first-order chi connectivity index (χ1) is 7.68. The Kier molecular flexibility index (Phi) is 3.78. The fraction of sp³-hybridized carbons (Fsp3) is 0.455. The van der Waals surface area contributed by atoms with Gasteiger partial charge in [-0.25, -0.2) is 4.39 Å². The van der Waals surface area contributed by atoms with Gasteiger partial charge in [0.2, 0.25) is 0 Å². The van der Waals surface area contributed by atoms with E-state index in [9.17, 15) is 17.6 Å². The van der Waals surface area contributed by atoms with Gasteiger partial charge in [0, 0.05) is 7.11 Å². The minimum atomic E-state index is -4.70. The Morgan fingerprint density at radius 1 is 1.29 bits per heavy atom. The van der Waals surface area contributed by atoms with Gasteiger partial charge < -0.3 is 10.5 Å². The third-order valence-corrected chi connectivity index (χ3v) is 2.38. The highest BCUT2D eigenvalue weighted by Crippen LogP contribution is 2.32. The number of nitrogens with two attached hydrogens (primary N) is 1. The standard InChI is InChI=1S/C11H13F4NO/c1-10(16,6-17-2)7-3-4-8(9(12)5-7)11(13,14)15/h3-5H,6,16H2,1-2H3. The molecule has 1 aromatic rings. The molecule has 1 rings (SSSR count). The molecule has 0 fully saturated rings. The third-order valence-electron chi connectivity index (χ3n) is 2.38. The van der Waals surface area contributed by atoms with Crippen LogP contribution in [0, 0.1) is 5.82 Å². The lowest BCUT2D eigenvalue weighted by molar-refractivity contribution is -0.140. The molecular weight excluding hydrogens is 238 g/mol. The summed E-state index contributed by atoms with van der Waals surface area (Å²) in [4.78, 5) is 0. The molecule has 0 aliphatic heterocycles. The van der Waals surface area contributed by atoms with E-state index in [1.807, 2.05) is 0 Å². The van der Waals surface area contributed by atoms with Gasteiger partial charge in [0.15, 0.2) is 0 Å². The fourth-order valence-corrected chi connectivity index (χ4v) is 1.48. The molecule has 2 nitrogen and oxygen atoms in total. The summed E-state index contributed by atoms with van der Waals surface area (Å²) >= 11 is 0. The van der Waals surface area contributed by atoms with Crippen LogP contribution in [-0.4, -0.2) is 13.7 Å². The highest BCUT2D eigenvalue weighted by atomic mass is 19.4. The number of benzene rings is 1. The topological polar surface area (TPSA) is 35.2 Å². The monoisotopic (exact) mass is 251 g/mol. The largest absolute Gasteiger partial charge is 0.419 e. The zero-order valence-electron chi connectivity index (χ0n) is 9.44. The van der Waals surface area contributed by atoms with Gasteiger partial charge >= 0.3 is 6.18 Å². The van der Waals surface area contributed by atoms with Crippen LogP contribution >= 0.6 is 0 Å². The lowest BCUT2D eigenvalue weighted by Gasteiger charge is -2.24. The number of alkyl halides is 3. The van der Waals surface area contributed by atoms with Crippen molar-refractivity contribution in [3.8, 4) is 0 Å². The van der Waals surface area contributed by atoms with Crippen LogP contribution < -0.4 is 5.73 Å². The first-order valence-corrected chi connectivity index (χ1v) is 4.83. The number of hydrogen-bond donors (Lipinski definition) is 1. The van der Waals surface area contributed by atoms with Crippen molar-refractivity contribution < 1.29 is 22.3 Å². The Morgan fingerprint density at radius 3 is 2.29 bits per heavy atom. The predicted octanol–water partition coefficient (Wildman–Crippen LogP) is 2.66. The van der Waals surface area contributed by atoms with E-state index < -0.39 is 23.1 Å². The highest BCUT2D eigenvalue weighted by molar-refractivity contribution is 5.30. The summed E-state index contributed by atoms with van der Waals surface area (Å²) in [6.07, 6.45) is -4.70. The van der Waals surface area contributed by atoms with Crippen molar-refractivity contribution in [2.75, 3.05) is 13.7 Å². The molecular formula is C11H13F4NO. The molecule has 0 aliphatic rings. The molecule has 1 aromatic carbocycles. The normalized spacial score (nSPS) is 15.7. The molecule has 1 atom stereocenters. The second kappa shape index (κ2) is 4.62. The average molecular weight is 251 g/mol. The van der Waals surface area contributed by atoms with Crippen LogP contribution in [0.25, 0.3) is 0 Å². The van der Waals surface area contributed by atoms with E-state index in [0.717, 1.165) is 12.1 Å². The van der Waals surface area contributed by atoms with Crippen molar-refractivity contribution in [3.63, 3.8) is 0 Å². The van der Waals surface area contributed by atoms with Crippen LogP contribution in [0.2, 0.25) is 0 Å². The smallest absolute Gasteiger partial charge is 0.382 e. The minimum Gasteiger partial charge on any atom is -0.382 e. The third kappa shape index (κ3) is 3.17. The molecule has 0 radical (unpaired) electrons. The highest BCUT2D eigenvalue weighted by Gasteiger charge is 2.35. The summed E-state index contributed by atoms with van der Waals surface area (Å²) < 4.78 is 55.1. The maximum Gasteiger partial charge on any atom is 0.419 e. The van der Waals surface area contributed by atoms with E-state index in [-0.39, 0.29) is 12.2 Å². The lowest BCUT2D eigenvalue weighted by Crippen LogP contribution is -2.38. The molecule has 2 N–H and O–H groups in total. The molecule has 0 aromatic heterocycles. The predicted molar refractivity (Wildman–Crippen MR) is 54.8 cm³/mol. The second-order valence-corrected chi connectivity index (χ2v) is 4.04. The van der Waals surface area contributed by atoms with Gasteiger partial charge in [-0.05, 0) is 24.6 Å². The number of hydrogen-bond acceptors (Lipinski definition) is 2. The Bertz CT molecular complexity index is 401. The van der Waals surface area contributed by atoms with Gasteiger partial charge in [-0.2, -0.15) is 13.2 Å². The van der Waals surface area contributed by atoms with Crippen molar-refractivity contribution in [2.24, 2.45) is 5.73 Å². The van der Waals surface area contributed by atoms with Crippen LogP contribution in [-0.2, 0) is 16.5 Å². The van der Waals surface area contributed by atoms with Crippen LogP contribution in [0.15, 0.2) is 18.2 Å². The van der Waals surface area contributed by atoms with E-state index in [4.69, 9.17) is 10.5 Å². The zero-order valence-corrected chi connectivity index (χ0v) is 9.44. The molecule has 17 heavy (non-hydrogen) atoms. The van der Waals surface area contributed by atoms with Crippen LogP contribution in [0.1, 0.15) is 18.1 Å². The summed E-state index contributed by atoms with van der Waals surface area (Å²) in [5, 5.41) is 0. The summed E-state index contributed by atoms with van der Waals surface area (Å²) in [6.45, 7) is 1.64. The SMILES string of the molecule is COCC(C)(N)c1ccc(C(F)(F)F)c(F)c1. The number of rotatable bonds is 3. The molecule has 0 spiro atoms. The molecule has 0 saturated carbocycles. The molecule has 6 heteroatoms. The van der Waals surface area contributed by atoms with E-state index in [1.54, 1.807) is 6.92 Å². The second-order valence-electron chi connectivity index (χ2n) is 4.04. The summed E-state index contributed by atoms with van der Waals surface area (Å²) in [7, 11) is 1.41. The number of halogens is 4. The van der Waals surface area contributed by atoms with Gasteiger partial charge in [0.05, 0.1) is 17.7 Å². The van der Waals surface area contributed by atoms with E-state index in [1.165, 1.54) is 7.11 Å². The Morgan fingerprint density at radius 2 is 1.88 bits per heavy atom. The van der Waals surface area contributed by atoms with Crippen molar-refractivity contribution in [1.82, 2.24) is 0 Å². The lowest BCUT2D eigenvalue weighted by atomic mass is 9.93. The van der Waals surface area contributed by atoms with Crippen molar-refractivity contribution in [3.05, 3.63) is 35.1 Å². The first kappa shape index (κ1) is 13.9. The maximum atomic E-state index is 13.3. The Labute approximate surface area is 96.4 Å². The maximum absolute atomic E-state index is 13.3. The molecule has 96 valence electrons. The zero-order chi connectivity index (χ0) is 13.3.